The Morgan fingerprint density at radius 2 is 1.49 bits per heavy atom. The number of fused-ring (bicyclic) bond motifs is 7. The van der Waals surface area contributed by atoms with Gasteiger partial charge in [0.25, 0.3) is 11.7 Å². The second-order valence-electron chi connectivity index (χ2n) is 32.7. The van der Waals surface area contributed by atoms with E-state index < -0.39 is 160 Å². The van der Waals surface area contributed by atoms with Crippen LogP contribution in [0.5, 0.6) is 0 Å². The monoisotopic (exact) mass is 1510 g/mol. The lowest BCUT2D eigenvalue weighted by Crippen LogP contribution is -2.61. The number of hydrogen-bond acceptors (Lipinski definition) is 24. The molecular formula is C83H121N3O22. The summed E-state index contributed by atoms with van der Waals surface area (Å²) in [6.45, 7) is 18.6. The second-order valence-corrected chi connectivity index (χ2v) is 32.7. The number of hydrogen-bond donors (Lipinski definition) is 3. The third kappa shape index (κ3) is 20.0. The molecule has 4 aliphatic carbocycles. The number of allylic oxidation sites excluding steroid dienone is 7. The van der Waals surface area contributed by atoms with Crippen molar-refractivity contribution in [3.63, 3.8) is 0 Å². The van der Waals surface area contributed by atoms with E-state index in [9.17, 15) is 63.3 Å². The van der Waals surface area contributed by atoms with E-state index in [1.165, 1.54) is 21.1 Å². The molecule has 25 heteroatoms. The molecule has 0 aromatic heterocycles. The molecule has 1 unspecified atom stereocenters. The van der Waals surface area contributed by atoms with Gasteiger partial charge in [0.1, 0.15) is 54.6 Å². The van der Waals surface area contributed by atoms with Gasteiger partial charge in [0.05, 0.1) is 42.6 Å². The lowest BCUT2D eigenvalue weighted by Gasteiger charge is -2.54. The van der Waals surface area contributed by atoms with Gasteiger partial charge < -0.3 is 72.7 Å². The summed E-state index contributed by atoms with van der Waals surface area (Å²) >= 11 is 0. The molecule has 8 aliphatic rings. The molecular weight excluding hydrogens is 1390 g/mol. The molecule has 1 amide bonds. The number of cyclic esters (lactones) is 2. The number of ether oxygens (including phenoxy) is 9. The number of aliphatic hydroxyl groups is 3. The van der Waals surface area contributed by atoms with Gasteiger partial charge in [0, 0.05) is 102 Å². The number of ketones is 4. The van der Waals surface area contributed by atoms with E-state index in [-0.39, 0.29) is 91.8 Å². The van der Waals surface area contributed by atoms with E-state index in [2.05, 4.69) is 0 Å². The summed E-state index contributed by atoms with van der Waals surface area (Å²) in [5.74, 6) is -13.4. The topological polar surface area (TPSA) is 324 Å². The summed E-state index contributed by atoms with van der Waals surface area (Å²) in [5, 5.41) is 36.0. The Morgan fingerprint density at radius 3 is 2.15 bits per heavy atom. The van der Waals surface area contributed by atoms with Crippen molar-refractivity contribution in [3.8, 4) is 0 Å². The number of esters is 5. The highest BCUT2D eigenvalue weighted by Crippen LogP contribution is 2.64. The minimum Gasteiger partial charge on any atom is -0.504 e. The number of amides is 1. The van der Waals surface area contributed by atoms with Gasteiger partial charge in [-0.05, 0) is 178 Å². The minimum atomic E-state index is -2.50. The van der Waals surface area contributed by atoms with Crippen LogP contribution in [0, 0.1) is 52.3 Å². The van der Waals surface area contributed by atoms with Gasteiger partial charge in [-0.25, -0.2) is 9.59 Å². The third-order valence-corrected chi connectivity index (χ3v) is 24.3. The fourth-order valence-electron chi connectivity index (χ4n) is 18.0. The molecule has 25 nitrogen and oxygen atoms in total. The van der Waals surface area contributed by atoms with Crippen LogP contribution in [-0.4, -0.2) is 224 Å². The summed E-state index contributed by atoms with van der Waals surface area (Å²) < 4.78 is 54.2. The highest BCUT2D eigenvalue weighted by Gasteiger charge is 2.65. The zero-order valence-corrected chi connectivity index (χ0v) is 66.6. The Bertz CT molecular complexity index is 3540. The molecule has 0 spiro atoms. The molecule has 5 fully saturated rings. The molecule has 4 heterocycles. The van der Waals surface area contributed by atoms with Crippen LogP contribution in [0.15, 0.2) is 81.9 Å². The highest BCUT2D eigenvalue weighted by atomic mass is 16.6. The molecule has 3 N–H and O–H groups in total. The first-order valence-corrected chi connectivity index (χ1v) is 39.0. The molecule has 600 valence electrons. The van der Waals surface area contributed by atoms with Crippen LogP contribution in [0.2, 0.25) is 0 Å². The third-order valence-electron chi connectivity index (χ3n) is 24.3. The average Bonchev–Trinajstić information content (AvgIpc) is 1.15. The largest absolute Gasteiger partial charge is 0.504 e. The van der Waals surface area contributed by atoms with Crippen molar-refractivity contribution in [3.05, 3.63) is 81.9 Å². The maximum atomic E-state index is 14.9. The number of piperidine rings is 1. The summed E-state index contributed by atoms with van der Waals surface area (Å²) in [6, 6.07) is -1.23. The van der Waals surface area contributed by atoms with Gasteiger partial charge in [-0.1, -0.05) is 78.0 Å². The normalized spacial score (nSPS) is 36.8. The van der Waals surface area contributed by atoms with Crippen molar-refractivity contribution in [1.29, 1.82) is 0 Å². The second kappa shape index (κ2) is 37.8. The van der Waals surface area contributed by atoms with Gasteiger partial charge in [-0.15, -0.1) is 0 Å². The van der Waals surface area contributed by atoms with Gasteiger partial charge in [0.2, 0.25) is 11.6 Å². The molecule has 2 bridgehead atoms. The van der Waals surface area contributed by atoms with E-state index in [0.29, 0.717) is 94.7 Å². The van der Waals surface area contributed by atoms with Gasteiger partial charge in [0.15, 0.2) is 11.5 Å². The van der Waals surface area contributed by atoms with Crippen LogP contribution in [0.1, 0.15) is 191 Å². The van der Waals surface area contributed by atoms with E-state index in [1.807, 2.05) is 77.1 Å². The summed E-state index contributed by atoms with van der Waals surface area (Å²) in [7, 11) is 10.1. The summed E-state index contributed by atoms with van der Waals surface area (Å²) in [5.41, 5.74) is -0.566. The maximum absolute atomic E-state index is 14.9. The van der Waals surface area contributed by atoms with Crippen LogP contribution in [0.25, 0.3) is 0 Å². The number of nitrogens with zero attached hydrogens (tertiary/aromatic N) is 3. The van der Waals surface area contributed by atoms with Gasteiger partial charge in [-0.2, -0.15) is 0 Å². The molecule has 8 rings (SSSR count). The Labute approximate surface area is 637 Å². The molecule has 0 aromatic carbocycles. The highest BCUT2D eigenvalue weighted by molar-refractivity contribution is 6.39. The van der Waals surface area contributed by atoms with Crippen molar-refractivity contribution in [2.75, 3.05) is 68.7 Å². The standard InChI is InChI=1S/C83H121N3O22/c1-47-23-18-17-19-24-48(2)62(101-15)42-57-29-26-53(7)83(99,108-57)77(95)78(96)86-38-21-20-25-60(86)80(98)105-63(43-61(88)49(3)40-52(6)73(92)76(102-16)72(91)51(5)39-47)50(4)41-55-27-30-56(31-28-55)104-67(89)34-35-68(90)106-65-33-32-59-69-71(64(103-54(8)87)44-81(59,65)9)82(10)66(46-100-14)107-79(97)58(70(82)75(94)74(69)93)45-85(13)37-22-36-84(11)12/h17-19,23-24,40,45,47,49-51,53,55-57,59-60,62-66,73,76,92,94,99H,20-22,25-39,41-44,46H2,1-16H3/b19-17+,23-18+,48-24+,52-40+,58-45+/t47-,49-,50-,51-,53-,55-,56-,57+,59?,60+,62+,63+,64-,65+,66-,73-,76+,81+,82+,83-/m1/s1. The molecule has 3 saturated heterocycles. The van der Waals surface area contributed by atoms with Crippen LogP contribution >= 0.6 is 0 Å². The molecule has 108 heavy (non-hydrogen) atoms. The number of Topliss-reactive ketones (excluding diaryl/α,β-unsaturated/α-hetero) is 4. The van der Waals surface area contributed by atoms with Crippen molar-refractivity contribution >= 4 is 58.9 Å². The van der Waals surface area contributed by atoms with Crippen LogP contribution in [0.4, 0.5) is 0 Å². The summed E-state index contributed by atoms with van der Waals surface area (Å²) in [4.78, 5) is 147. The first kappa shape index (κ1) is 86.6. The number of carbonyl (C=O) groups is 10. The SMILES string of the molecule is COC[C@H]1OC(=O)/C(=C/N(C)CCCN(C)C)C2=C(O)C(=O)C3=C([C@H](OC(C)=O)C[C@@]4(C)C3CC[C@@H]4OC(=O)CCC(=O)O[C@H]3CC[C@H](C[C@@H](C)[C@@H]4CC(=O)[C@H](C)/C=C(\C)[C@@H](O)[C@@H](OC)C(=O)[C@H](C)C[C@H](C)/C=C/C=C/C=C(\C)[C@@H](OC)C[C@@H]5CC[C@@H](C)[C@@](O)(O5)C(=O)C(=O)N5CCCC[C@H]5C(=O)O4)CC3)[C@]21C. The van der Waals surface area contributed by atoms with Crippen molar-refractivity contribution < 1.29 is 106 Å². The maximum Gasteiger partial charge on any atom is 0.340 e. The Hall–Kier alpha value is -7.00. The number of methoxy groups -OCH3 is 3. The molecule has 0 radical (unpaired) electrons. The van der Waals surface area contributed by atoms with Gasteiger partial charge >= 0.3 is 29.8 Å². The molecule has 18 atom stereocenters. The smallest absolute Gasteiger partial charge is 0.340 e. The summed E-state index contributed by atoms with van der Waals surface area (Å²) in [6.07, 6.45) is 10.4. The fourth-order valence-corrected chi connectivity index (χ4v) is 18.0. The molecule has 4 aliphatic heterocycles. The Morgan fingerprint density at radius 1 is 0.796 bits per heavy atom. The van der Waals surface area contributed by atoms with E-state index in [4.69, 9.17) is 42.6 Å². The first-order valence-electron chi connectivity index (χ1n) is 39.0. The Balaban J connectivity index is 0.938. The number of carbonyl (C=O) groups excluding carboxylic acids is 10. The molecule has 2 saturated carbocycles. The van der Waals surface area contributed by atoms with E-state index in [1.54, 1.807) is 66.0 Å². The van der Waals surface area contributed by atoms with E-state index in [0.717, 1.165) is 23.4 Å². The quantitative estimate of drug-likeness (QED) is 0.0378. The van der Waals surface area contributed by atoms with Crippen molar-refractivity contribution in [2.45, 2.75) is 258 Å². The van der Waals surface area contributed by atoms with Crippen LogP contribution in [0.3, 0.4) is 0 Å². The lowest BCUT2D eigenvalue weighted by molar-refractivity contribution is -0.265. The zero-order valence-electron chi connectivity index (χ0n) is 66.6. The lowest BCUT2D eigenvalue weighted by atomic mass is 9.53. The number of rotatable bonds is 18. The zero-order chi connectivity index (χ0) is 79.4. The molecule has 0 aromatic rings. The van der Waals surface area contributed by atoms with E-state index >= 15 is 0 Å². The predicted molar refractivity (Wildman–Crippen MR) is 398 cm³/mol. The predicted octanol–water partition coefficient (Wildman–Crippen LogP) is 9.59. The number of aliphatic hydroxyl groups excluding tert-OH is 2. The van der Waals surface area contributed by atoms with Crippen LogP contribution < -0.4 is 0 Å². The van der Waals surface area contributed by atoms with Crippen molar-refractivity contribution in [2.24, 2.45) is 52.3 Å². The average molecular weight is 1510 g/mol. The van der Waals surface area contributed by atoms with Crippen molar-refractivity contribution in [1.82, 2.24) is 14.7 Å². The van der Waals surface area contributed by atoms with Crippen LogP contribution in [-0.2, 0) is 90.6 Å². The van der Waals surface area contributed by atoms with Gasteiger partial charge in [-0.3, -0.25) is 38.4 Å². The Kier molecular flexibility index (Phi) is 30.3. The first-order chi connectivity index (χ1) is 51.0. The minimum absolute atomic E-state index is 0.00562. The fraction of sp³-hybridized carbons (Fsp3) is 0.711.